The van der Waals surface area contributed by atoms with Crippen molar-refractivity contribution in [3.8, 4) is 0 Å². The smallest absolute Gasteiger partial charge is 0.237 e. The summed E-state index contributed by atoms with van der Waals surface area (Å²) in [6.07, 6.45) is 5.43. The Morgan fingerprint density at radius 2 is 2.19 bits per heavy atom. The third-order valence-corrected chi connectivity index (χ3v) is 6.36. The van der Waals surface area contributed by atoms with Crippen LogP contribution in [0.1, 0.15) is 56.7 Å². The first-order valence-electron chi connectivity index (χ1n) is 10.1. The molecule has 0 radical (unpaired) electrons. The van der Waals surface area contributed by atoms with Gasteiger partial charge in [-0.15, -0.1) is 0 Å². The molecule has 3 unspecified atom stereocenters. The Morgan fingerprint density at radius 3 is 2.92 bits per heavy atom. The van der Waals surface area contributed by atoms with Crippen molar-refractivity contribution in [3.05, 3.63) is 35.4 Å². The zero-order valence-corrected chi connectivity index (χ0v) is 16.9. The summed E-state index contributed by atoms with van der Waals surface area (Å²) in [7, 11) is 0. The number of fused-ring (bicyclic) bond motifs is 1. The van der Waals surface area contributed by atoms with Crippen molar-refractivity contribution < 1.29 is 4.79 Å². The van der Waals surface area contributed by atoms with Gasteiger partial charge in [0.05, 0.1) is 6.04 Å². The van der Waals surface area contributed by atoms with Crippen LogP contribution >= 0.6 is 12.6 Å². The molecular weight excluding hydrogens is 342 g/mol. The molecule has 144 valence electrons. The zero-order valence-electron chi connectivity index (χ0n) is 16.0. The Hall–Kier alpha value is -1.04. The molecule has 1 aromatic rings. The van der Waals surface area contributed by atoms with Crippen LogP contribution in [0.2, 0.25) is 0 Å². The lowest BCUT2D eigenvalue weighted by molar-refractivity contribution is -0.124. The molecule has 1 fully saturated rings. The number of benzene rings is 1. The molecule has 0 spiro atoms. The highest BCUT2D eigenvalue weighted by Crippen LogP contribution is 2.30. The lowest BCUT2D eigenvalue weighted by Gasteiger charge is -2.32. The van der Waals surface area contributed by atoms with Gasteiger partial charge in [-0.05, 0) is 42.7 Å². The molecule has 1 aliphatic heterocycles. The SMILES string of the molecule is CC[C@H](C)[C@H](NC1CCCc2ccccc21)C(=O)NCC1CC(S)CN1. The quantitative estimate of drug-likeness (QED) is 0.555. The Kier molecular flexibility index (Phi) is 7.01. The number of thiol groups is 1. The molecule has 0 bridgehead atoms. The van der Waals surface area contributed by atoms with Crippen molar-refractivity contribution in [2.45, 2.75) is 69.3 Å². The standard InChI is InChI=1S/C21H33N3OS/c1-3-14(2)20(21(25)23-12-16-11-17(26)13-22-16)24-19-10-6-8-15-7-4-5-9-18(15)19/h4-5,7,9,14,16-17,19-20,22,24,26H,3,6,8,10-13H2,1-2H3,(H,23,25)/t14-,16?,17?,19?,20-/m0/s1. The fourth-order valence-electron chi connectivity index (χ4n) is 4.16. The number of rotatable bonds is 7. The first-order valence-corrected chi connectivity index (χ1v) is 10.6. The van der Waals surface area contributed by atoms with Crippen LogP contribution in [0.3, 0.4) is 0 Å². The van der Waals surface area contributed by atoms with Gasteiger partial charge in [-0.2, -0.15) is 12.6 Å². The third-order valence-electron chi connectivity index (χ3n) is 5.97. The topological polar surface area (TPSA) is 53.2 Å². The number of aryl methyl sites for hydroxylation is 1. The van der Waals surface area contributed by atoms with Gasteiger partial charge in [-0.3, -0.25) is 10.1 Å². The van der Waals surface area contributed by atoms with E-state index in [2.05, 4.69) is 66.7 Å². The number of hydrogen-bond acceptors (Lipinski definition) is 4. The minimum atomic E-state index is -0.149. The average molecular weight is 376 g/mol. The molecule has 1 heterocycles. The normalized spacial score (nSPS) is 27.6. The second-order valence-electron chi connectivity index (χ2n) is 7.91. The molecule has 0 saturated carbocycles. The summed E-state index contributed by atoms with van der Waals surface area (Å²) in [6.45, 7) is 5.94. The Labute approximate surface area is 163 Å². The molecular formula is C21H33N3OS. The van der Waals surface area contributed by atoms with E-state index in [0.29, 0.717) is 23.8 Å². The Balaban J connectivity index is 1.64. The second-order valence-corrected chi connectivity index (χ2v) is 8.64. The van der Waals surface area contributed by atoms with Crippen molar-refractivity contribution in [1.82, 2.24) is 16.0 Å². The lowest BCUT2D eigenvalue weighted by atomic mass is 9.86. The largest absolute Gasteiger partial charge is 0.353 e. The molecule has 5 atom stereocenters. The maximum atomic E-state index is 12.9. The molecule has 3 rings (SSSR count). The highest BCUT2D eigenvalue weighted by molar-refractivity contribution is 7.81. The molecule has 1 aromatic carbocycles. The number of carbonyl (C=O) groups excluding carboxylic acids is 1. The monoisotopic (exact) mass is 375 g/mol. The molecule has 1 amide bonds. The number of carbonyl (C=O) groups is 1. The summed E-state index contributed by atoms with van der Waals surface area (Å²) in [6, 6.07) is 9.13. The summed E-state index contributed by atoms with van der Waals surface area (Å²) in [4.78, 5) is 12.9. The summed E-state index contributed by atoms with van der Waals surface area (Å²) in [5.41, 5.74) is 2.80. The van der Waals surface area contributed by atoms with Crippen molar-refractivity contribution in [2.24, 2.45) is 5.92 Å². The van der Waals surface area contributed by atoms with Crippen LogP contribution in [0.5, 0.6) is 0 Å². The lowest BCUT2D eigenvalue weighted by Crippen LogP contribution is -2.51. The van der Waals surface area contributed by atoms with Crippen molar-refractivity contribution >= 4 is 18.5 Å². The van der Waals surface area contributed by atoms with Gasteiger partial charge in [0, 0.05) is 30.4 Å². The van der Waals surface area contributed by atoms with Crippen LogP contribution in [-0.2, 0) is 11.2 Å². The van der Waals surface area contributed by atoms with Gasteiger partial charge < -0.3 is 10.6 Å². The van der Waals surface area contributed by atoms with E-state index < -0.39 is 0 Å². The van der Waals surface area contributed by atoms with Crippen LogP contribution in [0.25, 0.3) is 0 Å². The maximum Gasteiger partial charge on any atom is 0.237 e. The van der Waals surface area contributed by atoms with Gasteiger partial charge in [0.15, 0.2) is 0 Å². The molecule has 1 aliphatic carbocycles. The van der Waals surface area contributed by atoms with Crippen LogP contribution < -0.4 is 16.0 Å². The van der Waals surface area contributed by atoms with Crippen LogP contribution in [0.15, 0.2) is 24.3 Å². The predicted octanol–water partition coefficient (Wildman–Crippen LogP) is 2.84. The zero-order chi connectivity index (χ0) is 18.5. The number of hydrogen-bond donors (Lipinski definition) is 4. The third kappa shape index (κ3) is 4.81. The highest BCUT2D eigenvalue weighted by Gasteiger charge is 2.30. The molecule has 4 nitrogen and oxygen atoms in total. The second kappa shape index (κ2) is 9.25. The van der Waals surface area contributed by atoms with E-state index in [-0.39, 0.29) is 18.0 Å². The summed E-state index contributed by atoms with van der Waals surface area (Å²) < 4.78 is 0. The van der Waals surface area contributed by atoms with E-state index in [1.807, 2.05) is 0 Å². The van der Waals surface area contributed by atoms with Gasteiger partial charge in [-0.1, -0.05) is 44.5 Å². The predicted molar refractivity (Wildman–Crippen MR) is 111 cm³/mol. The van der Waals surface area contributed by atoms with Crippen molar-refractivity contribution in [3.63, 3.8) is 0 Å². The average Bonchev–Trinajstić information content (AvgIpc) is 3.09. The Bertz CT molecular complexity index is 609. The van der Waals surface area contributed by atoms with Gasteiger partial charge in [0.1, 0.15) is 0 Å². The fourth-order valence-corrected chi connectivity index (χ4v) is 4.52. The van der Waals surface area contributed by atoms with E-state index in [1.54, 1.807) is 0 Å². The molecule has 3 N–H and O–H groups in total. The van der Waals surface area contributed by atoms with Gasteiger partial charge in [-0.25, -0.2) is 0 Å². The van der Waals surface area contributed by atoms with Gasteiger partial charge >= 0.3 is 0 Å². The van der Waals surface area contributed by atoms with E-state index in [0.717, 1.165) is 32.2 Å². The van der Waals surface area contributed by atoms with E-state index in [9.17, 15) is 4.79 Å². The molecule has 0 aromatic heterocycles. The van der Waals surface area contributed by atoms with Gasteiger partial charge in [0.2, 0.25) is 5.91 Å². The van der Waals surface area contributed by atoms with Crippen LogP contribution in [-0.4, -0.2) is 36.3 Å². The molecule has 26 heavy (non-hydrogen) atoms. The van der Waals surface area contributed by atoms with E-state index in [1.165, 1.54) is 17.5 Å². The maximum absolute atomic E-state index is 12.9. The first-order chi connectivity index (χ1) is 12.6. The summed E-state index contributed by atoms with van der Waals surface area (Å²) in [5, 5.41) is 10.7. The van der Waals surface area contributed by atoms with Gasteiger partial charge in [0.25, 0.3) is 0 Å². The van der Waals surface area contributed by atoms with E-state index >= 15 is 0 Å². The Morgan fingerprint density at radius 1 is 1.38 bits per heavy atom. The molecule has 1 saturated heterocycles. The molecule has 2 aliphatic rings. The first kappa shape index (κ1) is 19.7. The fraction of sp³-hybridized carbons (Fsp3) is 0.667. The summed E-state index contributed by atoms with van der Waals surface area (Å²) >= 11 is 4.51. The number of nitrogens with one attached hydrogen (secondary N) is 3. The minimum Gasteiger partial charge on any atom is -0.353 e. The highest BCUT2D eigenvalue weighted by atomic mass is 32.1. The molecule has 5 heteroatoms. The van der Waals surface area contributed by atoms with Crippen molar-refractivity contribution in [2.75, 3.05) is 13.1 Å². The van der Waals surface area contributed by atoms with Crippen molar-refractivity contribution in [1.29, 1.82) is 0 Å². The number of amides is 1. The van der Waals surface area contributed by atoms with E-state index in [4.69, 9.17) is 0 Å². The summed E-state index contributed by atoms with van der Waals surface area (Å²) in [5.74, 6) is 0.435. The van der Waals surface area contributed by atoms with Crippen LogP contribution in [0, 0.1) is 5.92 Å². The minimum absolute atomic E-state index is 0.131. The van der Waals surface area contributed by atoms with Crippen LogP contribution in [0.4, 0.5) is 0 Å².